The van der Waals surface area contributed by atoms with Crippen LogP contribution in [0.4, 0.5) is 5.69 Å². The second kappa shape index (κ2) is 9.65. The van der Waals surface area contributed by atoms with Crippen LogP contribution in [0, 0.1) is 0 Å². The number of anilines is 1. The highest BCUT2D eigenvalue weighted by atomic mass is 16.5. The molecule has 29 heavy (non-hydrogen) atoms. The summed E-state index contributed by atoms with van der Waals surface area (Å²) >= 11 is 0. The summed E-state index contributed by atoms with van der Waals surface area (Å²) in [6.07, 6.45) is 1.86. The number of amides is 1. The third kappa shape index (κ3) is 5.01. The first-order valence-electron chi connectivity index (χ1n) is 9.92. The monoisotopic (exact) mass is 398 g/mol. The molecule has 1 fully saturated rings. The van der Waals surface area contributed by atoms with Gasteiger partial charge in [-0.1, -0.05) is 12.1 Å². The van der Waals surface area contributed by atoms with Crippen molar-refractivity contribution in [2.24, 2.45) is 0 Å². The van der Waals surface area contributed by atoms with E-state index in [1.165, 1.54) is 5.56 Å². The van der Waals surface area contributed by atoms with Gasteiger partial charge in [0, 0.05) is 44.4 Å². The maximum absolute atomic E-state index is 12.5. The average molecular weight is 399 g/mol. The molecule has 2 aromatic carbocycles. The molecule has 0 unspecified atom stereocenters. The number of benzene rings is 2. The molecule has 0 aromatic heterocycles. The molecule has 0 spiro atoms. The van der Waals surface area contributed by atoms with Gasteiger partial charge in [0.05, 0.1) is 21.3 Å². The van der Waals surface area contributed by atoms with Crippen molar-refractivity contribution in [2.75, 3.05) is 39.3 Å². The van der Waals surface area contributed by atoms with Crippen LogP contribution in [0.3, 0.4) is 0 Å². The lowest BCUT2D eigenvalue weighted by Crippen LogP contribution is -2.46. The van der Waals surface area contributed by atoms with Gasteiger partial charge in [0.1, 0.15) is 5.75 Å². The molecule has 2 aromatic rings. The van der Waals surface area contributed by atoms with Crippen molar-refractivity contribution >= 4 is 11.6 Å². The predicted octanol–water partition coefficient (Wildman–Crippen LogP) is 3.73. The number of piperidine rings is 1. The largest absolute Gasteiger partial charge is 0.497 e. The summed E-state index contributed by atoms with van der Waals surface area (Å²) in [6, 6.07) is 14.0. The standard InChI is InChI=1S/C23H30N2O4/c1-17(26)25(20-8-9-22(28-3)23(15-20)29-4)19-10-12-24(13-11-19)16-18-6-5-7-21(14-18)27-2/h5-9,14-15,19H,10-13,16H2,1-4H3. The van der Waals surface area contributed by atoms with E-state index in [9.17, 15) is 4.79 Å². The molecule has 0 saturated carbocycles. The van der Waals surface area contributed by atoms with Gasteiger partial charge in [0.15, 0.2) is 11.5 Å². The number of carbonyl (C=O) groups excluding carboxylic acids is 1. The average Bonchev–Trinajstić information content (AvgIpc) is 2.75. The highest BCUT2D eigenvalue weighted by Crippen LogP contribution is 2.34. The maximum Gasteiger partial charge on any atom is 0.224 e. The molecular formula is C23H30N2O4. The van der Waals surface area contributed by atoms with Crippen LogP contribution < -0.4 is 19.1 Å². The Morgan fingerprint density at radius 3 is 2.34 bits per heavy atom. The molecule has 6 nitrogen and oxygen atoms in total. The highest BCUT2D eigenvalue weighted by Gasteiger charge is 2.28. The number of methoxy groups -OCH3 is 3. The Balaban J connectivity index is 1.68. The van der Waals surface area contributed by atoms with Crippen molar-refractivity contribution in [1.82, 2.24) is 4.90 Å². The molecule has 156 valence electrons. The number of hydrogen-bond donors (Lipinski definition) is 0. The van der Waals surface area contributed by atoms with Crippen LogP contribution in [0.15, 0.2) is 42.5 Å². The molecule has 1 aliphatic rings. The van der Waals surface area contributed by atoms with Crippen LogP contribution >= 0.6 is 0 Å². The first kappa shape index (κ1) is 21.0. The molecule has 1 aliphatic heterocycles. The minimum absolute atomic E-state index is 0.0449. The third-order valence-corrected chi connectivity index (χ3v) is 5.45. The van der Waals surface area contributed by atoms with Gasteiger partial charge in [-0.05, 0) is 42.7 Å². The lowest BCUT2D eigenvalue weighted by Gasteiger charge is -2.38. The van der Waals surface area contributed by atoms with E-state index in [4.69, 9.17) is 14.2 Å². The summed E-state index contributed by atoms with van der Waals surface area (Å²) in [4.78, 5) is 16.8. The number of likely N-dealkylation sites (tertiary alicyclic amines) is 1. The number of ether oxygens (including phenoxy) is 3. The van der Waals surface area contributed by atoms with Gasteiger partial charge in [-0.3, -0.25) is 9.69 Å². The van der Waals surface area contributed by atoms with Gasteiger partial charge in [-0.2, -0.15) is 0 Å². The van der Waals surface area contributed by atoms with E-state index in [-0.39, 0.29) is 11.9 Å². The summed E-state index contributed by atoms with van der Waals surface area (Å²) in [5, 5.41) is 0. The van der Waals surface area contributed by atoms with Crippen molar-refractivity contribution in [3.8, 4) is 17.2 Å². The fourth-order valence-corrected chi connectivity index (χ4v) is 3.99. The molecular weight excluding hydrogens is 368 g/mol. The fourth-order valence-electron chi connectivity index (χ4n) is 3.99. The molecule has 6 heteroatoms. The predicted molar refractivity (Wildman–Crippen MR) is 114 cm³/mol. The van der Waals surface area contributed by atoms with E-state index >= 15 is 0 Å². The summed E-state index contributed by atoms with van der Waals surface area (Å²) in [7, 11) is 4.91. The molecule has 0 atom stereocenters. The second-order valence-corrected chi connectivity index (χ2v) is 7.29. The number of nitrogens with zero attached hydrogens (tertiary/aromatic N) is 2. The van der Waals surface area contributed by atoms with E-state index in [1.54, 1.807) is 28.3 Å². The van der Waals surface area contributed by atoms with Crippen molar-refractivity contribution < 1.29 is 19.0 Å². The van der Waals surface area contributed by atoms with Crippen molar-refractivity contribution in [1.29, 1.82) is 0 Å². The summed E-state index contributed by atoms with van der Waals surface area (Å²) < 4.78 is 16.1. The summed E-state index contributed by atoms with van der Waals surface area (Å²) in [5.74, 6) is 2.22. The smallest absolute Gasteiger partial charge is 0.224 e. The zero-order valence-electron chi connectivity index (χ0n) is 17.7. The van der Waals surface area contributed by atoms with Crippen LogP contribution in [0.25, 0.3) is 0 Å². The first-order chi connectivity index (χ1) is 14.0. The van der Waals surface area contributed by atoms with Crippen LogP contribution in [0.2, 0.25) is 0 Å². The summed E-state index contributed by atoms with van der Waals surface area (Å²) in [5.41, 5.74) is 2.09. The van der Waals surface area contributed by atoms with Gasteiger partial charge in [-0.25, -0.2) is 0 Å². The van der Waals surface area contributed by atoms with Gasteiger partial charge < -0.3 is 19.1 Å². The third-order valence-electron chi connectivity index (χ3n) is 5.45. The van der Waals surface area contributed by atoms with Crippen molar-refractivity contribution in [2.45, 2.75) is 32.4 Å². The lowest BCUT2D eigenvalue weighted by molar-refractivity contribution is -0.117. The quantitative estimate of drug-likeness (QED) is 0.711. The first-order valence-corrected chi connectivity index (χ1v) is 9.92. The maximum atomic E-state index is 12.5. The zero-order valence-corrected chi connectivity index (χ0v) is 17.7. The van der Waals surface area contributed by atoms with Gasteiger partial charge in [0.2, 0.25) is 5.91 Å². The fraction of sp³-hybridized carbons (Fsp3) is 0.435. The van der Waals surface area contributed by atoms with Gasteiger partial charge >= 0.3 is 0 Å². The Labute approximate surface area is 173 Å². The molecule has 1 heterocycles. The van der Waals surface area contributed by atoms with Gasteiger partial charge in [-0.15, -0.1) is 0 Å². The Hall–Kier alpha value is -2.73. The Morgan fingerprint density at radius 1 is 1.00 bits per heavy atom. The lowest BCUT2D eigenvalue weighted by atomic mass is 10.0. The Morgan fingerprint density at radius 2 is 1.72 bits per heavy atom. The van der Waals surface area contributed by atoms with E-state index in [0.717, 1.165) is 43.9 Å². The van der Waals surface area contributed by atoms with Crippen LogP contribution in [-0.2, 0) is 11.3 Å². The molecule has 1 saturated heterocycles. The molecule has 0 N–H and O–H groups in total. The molecule has 0 radical (unpaired) electrons. The minimum atomic E-state index is 0.0449. The molecule has 0 aliphatic carbocycles. The van der Waals surface area contributed by atoms with E-state index in [0.29, 0.717) is 11.5 Å². The molecule has 3 rings (SSSR count). The SMILES string of the molecule is COc1cccc(CN2CCC(N(C(C)=O)c3ccc(OC)c(OC)c3)CC2)c1. The normalized spacial score (nSPS) is 15.0. The van der Waals surface area contributed by atoms with E-state index in [2.05, 4.69) is 17.0 Å². The summed E-state index contributed by atoms with van der Waals surface area (Å²) in [6.45, 7) is 4.40. The van der Waals surface area contributed by atoms with Crippen LogP contribution in [0.1, 0.15) is 25.3 Å². The molecule has 1 amide bonds. The number of rotatable bonds is 7. The van der Waals surface area contributed by atoms with Crippen LogP contribution in [0.5, 0.6) is 17.2 Å². The highest BCUT2D eigenvalue weighted by molar-refractivity contribution is 5.92. The van der Waals surface area contributed by atoms with E-state index < -0.39 is 0 Å². The Bertz CT molecular complexity index is 831. The zero-order chi connectivity index (χ0) is 20.8. The van der Waals surface area contributed by atoms with Crippen molar-refractivity contribution in [3.63, 3.8) is 0 Å². The Kier molecular flexibility index (Phi) is 6.99. The van der Waals surface area contributed by atoms with Crippen LogP contribution in [-0.4, -0.2) is 51.3 Å². The van der Waals surface area contributed by atoms with Crippen molar-refractivity contribution in [3.05, 3.63) is 48.0 Å². The number of carbonyl (C=O) groups is 1. The minimum Gasteiger partial charge on any atom is -0.497 e. The topological polar surface area (TPSA) is 51.2 Å². The number of hydrogen-bond acceptors (Lipinski definition) is 5. The molecule has 0 bridgehead atoms. The van der Waals surface area contributed by atoms with Gasteiger partial charge in [0.25, 0.3) is 0 Å². The second-order valence-electron chi connectivity index (χ2n) is 7.29. The van der Waals surface area contributed by atoms with E-state index in [1.807, 2.05) is 35.2 Å².